The number of amides is 1. The Morgan fingerprint density at radius 2 is 2.09 bits per heavy atom. The lowest BCUT2D eigenvalue weighted by molar-refractivity contribution is 0.00843. The van der Waals surface area contributed by atoms with Gasteiger partial charge in [-0.2, -0.15) is 0 Å². The predicted octanol–water partition coefficient (Wildman–Crippen LogP) is 2.53. The molecule has 0 spiro atoms. The molecule has 0 bridgehead atoms. The van der Waals surface area contributed by atoms with Gasteiger partial charge in [0.1, 0.15) is 5.82 Å². The third-order valence-electron chi connectivity index (χ3n) is 3.85. The summed E-state index contributed by atoms with van der Waals surface area (Å²) < 4.78 is 19.3. The van der Waals surface area contributed by atoms with E-state index in [-0.39, 0.29) is 30.2 Å². The number of halogens is 2. The zero-order valence-corrected chi connectivity index (χ0v) is 13.7. The molecule has 4 nitrogen and oxygen atoms in total. The van der Waals surface area contributed by atoms with E-state index in [2.05, 4.69) is 0 Å². The largest absolute Gasteiger partial charge is 0.378 e. The third kappa shape index (κ3) is 4.93. The lowest BCUT2D eigenvalue weighted by atomic mass is 10.1. The van der Waals surface area contributed by atoms with Gasteiger partial charge in [-0.05, 0) is 50.4 Å². The molecular formula is C16H24ClFN2O2. The Labute approximate surface area is 137 Å². The van der Waals surface area contributed by atoms with Crippen LogP contribution in [0.1, 0.15) is 35.2 Å². The zero-order chi connectivity index (χ0) is 15.2. The molecule has 1 aliphatic heterocycles. The van der Waals surface area contributed by atoms with Crippen molar-refractivity contribution < 1.29 is 13.9 Å². The molecule has 1 heterocycles. The van der Waals surface area contributed by atoms with E-state index in [0.29, 0.717) is 37.4 Å². The molecule has 124 valence electrons. The van der Waals surface area contributed by atoms with Crippen LogP contribution in [0.2, 0.25) is 0 Å². The minimum Gasteiger partial charge on any atom is -0.378 e. The highest BCUT2D eigenvalue weighted by molar-refractivity contribution is 5.94. The van der Waals surface area contributed by atoms with Gasteiger partial charge in [0, 0.05) is 25.3 Å². The lowest BCUT2D eigenvalue weighted by Crippen LogP contribution is -2.41. The molecule has 0 atom stereocenters. The Hall–Kier alpha value is -1.17. The normalized spacial score (nSPS) is 15.5. The molecule has 1 amide bonds. The van der Waals surface area contributed by atoms with Crippen molar-refractivity contribution in [3.05, 3.63) is 35.1 Å². The summed E-state index contributed by atoms with van der Waals surface area (Å²) in [4.78, 5) is 14.1. The van der Waals surface area contributed by atoms with Crippen LogP contribution in [0.5, 0.6) is 0 Å². The molecule has 2 N–H and O–H groups in total. The second-order valence-electron chi connectivity index (χ2n) is 5.47. The minimum atomic E-state index is -0.333. The summed E-state index contributed by atoms with van der Waals surface area (Å²) in [7, 11) is 0. The first-order chi connectivity index (χ1) is 10.1. The number of aryl methyl sites for hydroxylation is 1. The molecule has 0 unspecified atom stereocenters. The Morgan fingerprint density at radius 3 is 2.68 bits per heavy atom. The Kier molecular flexibility index (Phi) is 7.79. The lowest BCUT2D eigenvalue weighted by Gasteiger charge is -2.32. The number of hydrogen-bond donors (Lipinski definition) is 1. The van der Waals surface area contributed by atoms with Gasteiger partial charge in [-0.25, -0.2) is 4.39 Å². The maximum Gasteiger partial charge on any atom is 0.253 e. The van der Waals surface area contributed by atoms with Crippen molar-refractivity contribution in [2.24, 2.45) is 5.73 Å². The predicted molar refractivity (Wildman–Crippen MR) is 86.9 cm³/mol. The number of carbonyl (C=O) groups is 1. The van der Waals surface area contributed by atoms with Crippen LogP contribution in [0, 0.1) is 12.7 Å². The van der Waals surface area contributed by atoms with E-state index >= 15 is 0 Å². The number of benzene rings is 1. The molecule has 1 aromatic carbocycles. The minimum absolute atomic E-state index is 0. The highest BCUT2D eigenvalue weighted by atomic mass is 35.5. The summed E-state index contributed by atoms with van der Waals surface area (Å²) in [6.07, 6.45) is 2.72. The number of piperidine rings is 1. The Morgan fingerprint density at radius 1 is 1.41 bits per heavy atom. The summed E-state index contributed by atoms with van der Waals surface area (Å²) in [6.45, 7) is 4.31. The number of nitrogens with two attached hydrogens (primary N) is 1. The van der Waals surface area contributed by atoms with Crippen LogP contribution in [0.4, 0.5) is 4.39 Å². The van der Waals surface area contributed by atoms with Crippen molar-refractivity contribution in [3.63, 3.8) is 0 Å². The van der Waals surface area contributed by atoms with Gasteiger partial charge in [0.05, 0.1) is 6.10 Å². The summed E-state index contributed by atoms with van der Waals surface area (Å²) in [5.41, 5.74) is 6.40. The average molecular weight is 331 g/mol. The van der Waals surface area contributed by atoms with Gasteiger partial charge < -0.3 is 15.4 Å². The first-order valence-electron chi connectivity index (χ1n) is 7.49. The van der Waals surface area contributed by atoms with Crippen LogP contribution in [0.15, 0.2) is 18.2 Å². The first-order valence-corrected chi connectivity index (χ1v) is 7.49. The Bertz CT molecular complexity index is 491. The van der Waals surface area contributed by atoms with Gasteiger partial charge >= 0.3 is 0 Å². The maximum absolute atomic E-state index is 13.5. The zero-order valence-electron chi connectivity index (χ0n) is 12.9. The van der Waals surface area contributed by atoms with Gasteiger partial charge in [0.15, 0.2) is 0 Å². The van der Waals surface area contributed by atoms with Crippen molar-refractivity contribution >= 4 is 18.3 Å². The monoisotopic (exact) mass is 330 g/mol. The SMILES string of the molecule is Cc1ccc(C(=O)N2CCC(OCCCN)CC2)cc1F.Cl. The van der Waals surface area contributed by atoms with Crippen molar-refractivity contribution in [3.8, 4) is 0 Å². The second kappa shape index (κ2) is 9.08. The smallest absolute Gasteiger partial charge is 0.253 e. The van der Waals surface area contributed by atoms with Crippen LogP contribution in [0.3, 0.4) is 0 Å². The van der Waals surface area contributed by atoms with E-state index < -0.39 is 0 Å². The second-order valence-corrected chi connectivity index (χ2v) is 5.47. The highest BCUT2D eigenvalue weighted by Gasteiger charge is 2.24. The highest BCUT2D eigenvalue weighted by Crippen LogP contribution is 2.18. The van der Waals surface area contributed by atoms with Crippen molar-refractivity contribution in [2.75, 3.05) is 26.2 Å². The van der Waals surface area contributed by atoms with Crippen LogP contribution in [-0.2, 0) is 4.74 Å². The van der Waals surface area contributed by atoms with Gasteiger partial charge in [-0.15, -0.1) is 12.4 Å². The van der Waals surface area contributed by atoms with Gasteiger partial charge in [0.2, 0.25) is 0 Å². The van der Waals surface area contributed by atoms with Crippen LogP contribution < -0.4 is 5.73 Å². The van der Waals surface area contributed by atoms with Crippen LogP contribution >= 0.6 is 12.4 Å². The van der Waals surface area contributed by atoms with Gasteiger partial charge in [-0.3, -0.25) is 4.79 Å². The van der Waals surface area contributed by atoms with Gasteiger partial charge in [0.25, 0.3) is 5.91 Å². The van der Waals surface area contributed by atoms with E-state index in [1.54, 1.807) is 24.0 Å². The summed E-state index contributed by atoms with van der Waals surface area (Å²) in [5, 5.41) is 0. The quantitative estimate of drug-likeness (QED) is 0.844. The van der Waals surface area contributed by atoms with E-state index in [9.17, 15) is 9.18 Å². The number of likely N-dealkylation sites (tertiary alicyclic amines) is 1. The number of nitrogens with zero attached hydrogens (tertiary/aromatic N) is 1. The molecular weight excluding hydrogens is 307 g/mol. The van der Waals surface area contributed by atoms with Crippen molar-refractivity contribution in [1.82, 2.24) is 4.90 Å². The van der Waals surface area contributed by atoms with E-state index in [4.69, 9.17) is 10.5 Å². The first kappa shape index (κ1) is 18.9. The summed E-state index contributed by atoms with van der Waals surface area (Å²) >= 11 is 0. The summed E-state index contributed by atoms with van der Waals surface area (Å²) in [5.74, 6) is -0.435. The maximum atomic E-state index is 13.5. The molecule has 1 aliphatic rings. The van der Waals surface area contributed by atoms with Crippen molar-refractivity contribution in [1.29, 1.82) is 0 Å². The van der Waals surface area contributed by atoms with Crippen molar-refractivity contribution in [2.45, 2.75) is 32.3 Å². The molecule has 6 heteroatoms. The Balaban J connectivity index is 0.00000242. The third-order valence-corrected chi connectivity index (χ3v) is 3.85. The average Bonchev–Trinajstić information content (AvgIpc) is 2.50. The number of rotatable bonds is 5. The molecule has 0 aliphatic carbocycles. The fraction of sp³-hybridized carbons (Fsp3) is 0.562. The molecule has 0 aromatic heterocycles. The molecule has 1 aromatic rings. The number of ether oxygens (including phenoxy) is 1. The molecule has 1 saturated heterocycles. The number of carbonyl (C=O) groups excluding carboxylic acids is 1. The van der Waals surface area contributed by atoms with Crippen LogP contribution in [-0.4, -0.2) is 43.2 Å². The van der Waals surface area contributed by atoms with Crippen LogP contribution in [0.25, 0.3) is 0 Å². The molecule has 2 rings (SSSR count). The van der Waals surface area contributed by atoms with E-state index in [1.807, 2.05) is 0 Å². The molecule has 0 saturated carbocycles. The molecule has 0 radical (unpaired) electrons. The number of hydrogen-bond acceptors (Lipinski definition) is 3. The van der Waals surface area contributed by atoms with Gasteiger partial charge in [-0.1, -0.05) is 6.07 Å². The fourth-order valence-electron chi connectivity index (χ4n) is 2.47. The van der Waals surface area contributed by atoms with E-state index in [1.165, 1.54) is 6.07 Å². The molecule has 1 fully saturated rings. The molecule has 22 heavy (non-hydrogen) atoms. The topological polar surface area (TPSA) is 55.6 Å². The standard InChI is InChI=1S/C16H23FN2O2.ClH/c1-12-3-4-13(11-15(12)17)16(20)19-8-5-14(6-9-19)21-10-2-7-18;/h3-4,11,14H,2,5-10,18H2,1H3;1H. The summed E-state index contributed by atoms with van der Waals surface area (Å²) in [6, 6.07) is 4.65. The van der Waals surface area contributed by atoms with E-state index in [0.717, 1.165) is 19.3 Å². The fourth-order valence-corrected chi connectivity index (χ4v) is 2.47.